The largest absolute Gasteiger partial charge is 0.504 e. The van der Waals surface area contributed by atoms with E-state index >= 15 is 0 Å². The number of Topliss-reactive ketones (excluding diaryl/α,β-unsaturated/α-hetero) is 1. The number of carbonyl (C=O) groups is 1. The third-order valence-electron chi connectivity index (χ3n) is 5.09. The number of carbonyl (C=O) groups excluding carboxylic acids is 1. The van der Waals surface area contributed by atoms with Crippen LogP contribution in [0.3, 0.4) is 0 Å². The van der Waals surface area contributed by atoms with Crippen LogP contribution in [0.2, 0.25) is 0 Å². The predicted octanol–water partition coefficient (Wildman–Crippen LogP) is 5.44. The molecule has 1 aliphatic carbocycles. The van der Waals surface area contributed by atoms with Crippen molar-refractivity contribution in [1.82, 2.24) is 4.98 Å². The number of ether oxygens (including phenoxy) is 2. The minimum Gasteiger partial charge on any atom is -0.504 e. The molecular formula is C25H27NO5. The van der Waals surface area contributed by atoms with E-state index in [9.17, 15) is 9.90 Å². The number of nitrogens with zero attached hydrogens (tertiary/aromatic N) is 1. The minimum absolute atomic E-state index is 0.00111. The summed E-state index contributed by atoms with van der Waals surface area (Å²) in [5, 5.41) is 10.0. The number of aromatic hydroxyl groups is 1. The molecule has 0 aliphatic heterocycles. The Morgan fingerprint density at radius 2 is 2.00 bits per heavy atom. The lowest BCUT2D eigenvalue weighted by Gasteiger charge is -2.13. The summed E-state index contributed by atoms with van der Waals surface area (Å²) in [6.45, 7) is 4.48. The van der Waals surface area contributed by atoms with Crippen molar-refractivity contribution in [3.05, 3.63) is 60.0 Å². The zero-order chi connectivity index (χ0) is 21.8. The summed E-state index contributed by atoms with van der Waals surface area (Å²) in [6.07, 6.45) is 4.68. The lowest BCUT2D eigenvalue weighted by Crippen LogP contribution is -2.10. The van der Waals surface area contributed by atoms with E-state index in [0.717, 1.165) is 5.56 Å². The molecule has 162 valence electrons. The van der Waals surface area contributed by atoms with Crippen LogP contribution in [0.15, 0.2) is 53.1 Å². The second-order valence-corrected chi connectivity index (χ2v) is 8.17. The maximum Gasteiger partial charge on any atom is 0.226 e. The molecule has 0 bridgehead atoms. The second kappa shape index (κ2) is 9.25. The quantitative estimate of drug-likeness (QED) is 0.439. The van der Waals surface area contributed by atoms with Crippen LogP contribution < -0.4 is 9.47 Å². The predicted molar refractivity (Wildman–Crippen MR) is 117 cm³/mol. The van der Waals surface area contributed by atoms with E-state index in [4.69, 9.17) is 13.9 Å². The van der Waals surface area contributed by atoms with Crippen LogP contribution in [0, 0.1) is 5.92 Å². The standard InChI is InChI=1S/C25H27NO5/c1-16(2)31-23-6-4-3-5-20(23)21(27)12-10-19-15-30-25(26-19)18-9-11-22(28)24(13-18)29-14-17-7-8-17/h3-6,9,11,13,15-17,28H,7-8,10,12,14H2,1-2H3. The Morgan fingerprint density at radius 3 is 2.77 bits per heavy atom. The highest BCUT2D eigenvalue weighted by molar-refractivity contribution is 5.98. The number of hydrogen-bond donors (Lipinski definition) is 1. The average Bonchev–Trinajstić information content (AvgIpc) is 3.46. The van der Waals surface area contributed by atoms with Gasteiger partial charge in [0.15, 0.2) is 17.3 Å². The van der Waals surface area contributed by atoms with Gasteiger partial charge in [-0.15, -0.1) is 0 Å². The molecule has 1 aromatic heterocycles. The molecule has 0 amide bonds. The molecule has 1 aliphatic rings. The molecule has 0 unspecified atom stereocenters. The van der Waals surface area contributed by atoms with E-state index in [2.05, 4.69) is 4.98 Å². The fourth-order valence-electron chi connectivity index (χ4n) is 3.24. The van der Waals surface area contributed by atoms with Crippen LogP contribution in [0.1, 0.15) is 49.2 Å². The van der Waals surface area contributed by atoms with Crippen molar-refractivity contribution in [3.63, 3.8) is 0 Å². The van der Waals surface area contributed by atoms with E-state index in [1.165, 1.54) is 12.8 Å². The highest BCUT2D eigenvalue weighted by Crippen LogP contribution is 2.35. The van der Waals surface area contributed by atoms with Crippen molar-refractivity contribution in [1.29, 1.82) is 0 Å². The molecule has 6 nitrogen and oxygen atoms in total. The number of benzene rings is 2. The third kappa shape index (κ3) is 5.45. The van der Waals surface area contributed by atoms with Crippen LogP contribution in [0.25, 0.3) is 11.5 Å². The highest BCUT2D eigenvalue weighted by Gasteiger charge is 2.23. The maximum absolute atomic E-state index is 12.7. The van der Waals surface area contributed by atoms with Crippen molar-refractivity contribution < 1.29 is 23.8 Å². The number of aryl methyl sites for hydroxylation is 1. The number of hydrogen-bond acceptors (Lipinski definition) is 6. The fourth-order valence-corrected chi connectivity index (χ4v) is 3.24. The van der Waals surface area contributed by atoms with Crippen molar-refractivity contribution in [2.75, 3.05) is 6.61 Å². The number of phenolic OH excluding ortho intramolecular Hbond substituents is 1. The molecule has 1 heterocycles. The maximum atomic E-state index is 12.7. The van der Waals surface area contributed by atoms with Gasteiger partial charge in [-0.1, -0.05) is 12.1 Å². The van der Waals surface area contributed by atoms with Gasteiger partial charge in [-0.05, 0) is 62.9 Å². The number of rotatable bonds is 10. The van der Waals surface area contributed by atoms with Gasteiger partial charge in [0.25, 0.3) is 0 Å². The summed E-state index contributed by atoms with van der Waals surface area (Å²) in [4.78, 5) is 17.2. The van der Waals surface area contributed by atoms with Gasteiger partial charge >= 0.3 is 0 Å². The van der Waals surface area contributed by atoms with Gasteiger partial charge < -0.3 is 19.0 Å². The first-order valence-electron chi connectivity index (χ1n) is 10.7. The lowest BCUT2D eigenvalue weighted by molar-refractivity contribution is 0.0976. The summed E-state index contributed by atoms with van der Waals surface area (Å²) in [6, 6.07) is 12.3. The molecule has 0 atom stereocenters. The van der Waals surface area contributed by atoms with Gasteiger partial charge in [0, 0.05) is 18.4 Å². The number of aromatic nitrogens is 1. The van der Waals surface area contributed by atoms with Crippen LogP contribution in [0.4, 0.5) is 0 Å². The summed E-state index contributed by atoms with van der Waals surface area (Å²) in [7, 11) is 0. The summed E-state index contributed by atoms with van der Waals surface area (Å²) in [5.41, 5.74) is 1.99. The van der Waals surface area contributed by atoms with Crippen LogP contribution in [0.5, 0.6) is 17.2 Å². The Hall–Kier alpha value is -3.28. The van der Waals surface area contributed by atoms with Gasteiger partial charge in [0.2, 0.25) is 5.89 Å². The summed E-state index contributed by atoms with van der Waals surface area (Å²) in [5.74, 6) is 2.16. The first-order chi connectivity index (χ1) is 15.0. The molecule has 3 aromatic rings. The molecular weight excluding hydrogens is 394 g/mol. The molecule has 0 spiro atoms. The first-order valence-corrected chi connectivity index (χ1v) is 10.7. The Labute approximate surface area is 181 Å². The first kappa shape index (κ1) is 21.0. The Morgan fingerprint density at radius 1 is 1.19 bits per heavy atom. The Kier molecular flexibility index (Phi) is 6.26. The molecule has 0 radical (unpaired) electrons. The van der Waals surface area contributed by atoms with Crippen molar-refractivity contribution in [3.8, 4) is 28.7 Å². The zero-order valence-corrected chi connectivity index (χ0v) is 17.8. The van der Waals surface area contributed by atoms with E-state index < -0.39 is 0 Å². The van der Waals surface area contributed by atoms with Gasteiger partial charge in [-0.3, -0.25) is 4.79 Å². The van der Waals surface area contributed by atoms with Crippen LogP contribution in [-0.4, -0.2) is 28.6 Å². The molecule has 4 rings (SSSR count). The van der Waals surface area contributed by atoms with Gasteiger partial charge in [0.05, 0.1) is 24.0 Å². The summed E-state index contributed by atoms with van der Waals surface area (Å²) >= 11 is 0. The van der Waals surface area contributed by atoms with E-state index in [1.807, 2.05) is 32.0 Å². The lowest BCUT2D eigenvalue weighted by atomic mass is 10.0. The number of ketones is 1. The molecule has 31 heavy (non-hydrogen) atoms. The molecule has 1 saturated carbocycles. The minimum atomic E-state index is -0.00416. The number of oxazole rings is 1. The van der Waals surface area contributed by atoms with Crippen LogP contribution in [-0.2, 0) is 6.42 Å². The highest BCUT2D eigenvalue weighted by atomic mass is 16.5. The third-order valence-corrected chi connectivity index (χ3v) is 5.09. The molecule has 2 aromatic carbocycles. The van der Waals surface area contributed by atoms with Gasteiger partial charge in [-0.2, -0.15) is 0 Å². The molecule has 1 fully saturated rings. The van der Waals surface area contributed by atoms with Gasteiger partial charge in [-0.25, -0.2) is 4.98 Å². The van der Waals surface area contributed by atoms with Gasteiger partial charge in [0.1, 0.15) is 12.0 Å². The van der Waals surface area contributed by atoms with Crippen molar-refractivity contribution in [2.24, 2.45) is 5.92 Å². The number of para-hydroxylation sites is 1. The number of phenols is 1. The smallest absolute Gasteiger partial charge is 0.226 e. The average molecular weight is 421 g/mol. The molecule has 1 N–H and O–H groups in total. The Balaban J connectivity index is 1.40. The SMILES string of the molecule is CC(C)Oc1ccccc1C(=O)CCc1coc(-c2ccc(O)c(OCC3CC3)c2)n1. The van der Waals surface area contributed by atoms with Crippen molar-refractivity contribution in [2.45, 2.75) is 45.6 Å². The summed E-state index contributed by atoms with van der Waals surface area (Å²) < 4.78 is 17.1. The molecule has 0 saturated heterocycles. The van der Waals surface area contributed by atoms with E-state index in [0.29, 0.717) is 54.0 Å². The topological polar surface area (TPSA) is 81.8 Å². The fraction of sp³-hybridized carbons (Fsp3) is 0.360. The van der Waals surface area contributed by atoms with E-state index in [1.54, 1.807) is 30.5 Å². The Bertz CT molecular complexity index is 1050. The monoisotopic (exact) mass is 421 g/mol. The zero-order valence-electron chi connectivity index (χ0n) is 17.8. The second-order valence-electron chi connectivity index (χ2n) is 8.17. The normalized spacial score (nSPS) is 13.4. The van der Waals surface area contributed by atoms with E-state index in [-0.39, 0.29) is 17.6 Å². The van der Waals surface area contributed by atoms with Crippen molar-refractivity contribution >= 4 is 5.78 Å². The van der Waals surface area contributed by atoms with Crippen LogP contribution >= 0.6 is 0 Å². The molecule has 6 heteroatoms.